The highest BCUT2D eigenvalue weighted by molar-refractivity contribution is 5.77. The fourth-order valence-electron chi connectivity index (χ4n) is 3.55. The van der Waals surface area contributed by atoms with Crippen molar-refractivity contribution in [3.05, 3.63) is 90.0 Å². The first kappa shape index (κ1) is 24.1. The lowest BCUT2D eigenvalue weighted by Gasteiger charge is -2.13. The molecule has 0 atom stereocenters. The van der Waals surface area contributed by atoms with Gasteiger partial charge in [0, 0.05) is 16.9 Å². The summed E-state index contributed by atoms with van der Waals surface area (Å²) in [4.78, 5) is 0. The summed E-state index contributed by atoms with van der Waals surface area (Å²) in [5.41, 5.74) is -0.0208. The van der Waals surface area contributed by atoms with Crippen molar-refractivity contribution >= 4 is 11.4 Å². The monoisotopic (exact) mass is 492 g/mol. The normalized spacial score (nSPS) is 12.0. The lowest BCUT2D eigenvalue weighted by atomic mass is 10.1. The molecule has 0 fully saturated rings. The van der Waals surface area contributed by atoms with Crippen LogP contribution in [-0.2, 0) is 12.4 Å². The Hall–Kier alpha value is -4.08. The molecule has 0 saturated carbocycles. The Bertz CT molecular complexity index is 1320. The first-order valence-corrected chi connectivity index (χ1v) is 10.2. The van der Waals surface area contributed by atoms with E-state index in [1.165, 1.54) is 35.9 Å². The molecule has 0 aliphatic carbocycles. The third-order valence-corrected chi connectivity index (χ3v) is 5.28. The Morgan fingerprint density at radius 2 is 1.34 bits per heavy atom. The molecule has 2 N–H and O–H groups in total. The first-order valence-electron chi connectivity index (χ1n) is 10.2. The number of ether oxygens (including phenoxy) is 1. The summed E-state index contributed by atoms with van der Waals surface area (Å²) >= 11 is 0. The summed E-state index contributed by atoms with van der Waals surface area (Å²) in [6, 6.07) is 16.8. The lowest BCUT2D eigenvalue weighted by molar-refractivity contribution is -0.138. The van der Waals surface area contributed by atoms with Crippen LogP contribution in [0.4, 0.5) is 37.7 Å². The minimum atomic E-state index is -4.53. The quantitative estimate of drug-likeness (QED) is 0.282. The molecule has 0 bridgehead atoms. The molecule has 1 aromatic heterocycles. The van der Waals surface area contributed by atoms with E-state index in [0.29, 0.717) is 17.0 Å². The number of rotatable bonds is 5. The summed E-state index contributed by atoms with van der Waals surface area (Å²) < 4.78 is 84.2. The van der Waals surface area contributed by atoms with Crippen LogP contribution in [0.25, 0.3) is 16.9 Å². The van der Waals surface area contributed by atoms with Gasteiger partial charge in [0.05, 0.1) is 23.9 Å². The number of alkyl halides is 6. The van der Waals surface area contributed by atoms with Gasteiger partial charge in [0.15, 0.2) is 0 Å². The molecule has 4 nitrogen and oxygen atoms in total. The van der Waals surface area contributed by atoms with Crippen LogP contribution in [0.2, 0.25) is 0 Å². The predicted molar refractivity (Wildman–Crippen MR) is 119 cm³/mol. The first-order chi connectivity index (χ1) is 16.5. The van der Waals surface area contributed by atoms with Gasteiger partial charge in [-0.05, 0) is 66.7 Å². The second kappa shape index (κ2) is 8.94. The van der Waals surface area contributed by atoms with Crippen molar-refractivity contribution < 1.29 is 36.2 Å². The second-order valence-corrected chi connectivity index (χ2v) is 7.58. The summed E-state index contributed by atoms with van der Waals surface area (Å²) in [5, 5.41) is 13.9. The Balaban J connectivity index is 1.80. The van der Waals surface area contributed by atoms with Crippen LogP contribution in [-0.4, -0.2) is 16.8 Å². The molecule has 0 amide bonds. The number of aromatic nitrogens is 1. The van der Waals surface area contributed by atoms with Gasteiger partial charge in [0.1, 0.15) is 11.4 Å². The van der Waals surface area contributed by atoms with Crippen LogP contribution >= 0.6 is 0 Å². The number of hydrogen-bond donors (Lipinski definition) is 2. The van der Waals surface area contributed by atoms with Crippen molar-refractivity contribution in [2.75, 3.05) is 12.4 Å². The largest absolute Gasteiger partial charge is 0.497 e. The number of methoxy groups -OCH3 is 1. The van der Waals surface area contributed by atoms with Gasteiger partial charge >= 0.3 is 12.4 Å². The smallest absolute Gasteiger partial charge is 0.416 e. The zero-order chi connectivity index (χ0) is 25.4. The Kier molecular flexibility index (Phi) is 6.14. The zero-order valence-electron chi connectivity index (χ0n) is 18.1. The molecule has 10 heteroatoms. The molecule has 4 rings (SSSR count). The molecule has 35 heavy (non-hydrogen) atoms. The molecule has 182 valence electrons. The van der Waals surface area contributed by atoms with Gasteiger partial charge in [0.2, 0.25) is 5.88 Å². The van der Waals surface area contributed by atoms with Gasteiger partial charge in [-0.2, -0.15) is 26.3 Å². The molecule has 0 spiro atoms. The van der Waals surface area contributed by atoms with E-state index in [2.05, 4.69) is 5.32 Å². The van der Waals surface area contributed by atoms with E-state index >= 15 is 0 Å². The minimum Gasteiger partial charge on any atom is -0.497 e. The van der Waals surface area contributed by atoms with Crippen molar-refractivity contribution in [1.82, 2.24) is 4.57 Å². The molecule has 0 saturated heterocycles. The predicted octanol–water partition coefficient (Wildman–Crippen LogP) is 7.64. The number of anilines is 2. The standard InChI is InChI=1S/C25H18F6N2O2/c1-35-20-4-2-3-15(13-20)22-14-21(32-18-9-5-16(6-10-18)24(26,27)28)23(34)33(22)19-11-7-17(8-12-19)25(29,30)31/h2-14,32,34H,1H3. The van der Waals surface area contributed by atoms with Crippen molar-refractivity contribution in [2.45, 2.75) is 12.4 Å². The fourth-order valence-corrected chi connectivity index (χ4v) is 3.55. The van der Waals surface area contributed by atoms with Crippen molar-refractivity contribution in [1.29, 1.82) is 0 Å². The van der Waals surface area contributed by atoms with Crippen molar-refractivity contribution in [3.63, 3.8) is 0 Å². The van der Waals surface area contributed by atoms with Crippen LogP contribution in [0.1, 0.15) is 11.1 Å². The van der Waals surface area contributed by atoms with Crippen LogP contribution in [0.5, 0.6) is 11.6 Å². The van der Waals surface area contributed by atoms with E-state index in [0.717, 1.165) is 24.3 Å². The van der Waals surface area contributed by atoms with Gasteiger partial charge in [-0.1, -0.05) is 12.1 Å². The van der Waals surface area contributed by atoms with Gasteiger partial charge in [-0.3, -0.25) is 4.57 Å². The molecule has 3 aromatic carbocycles. The maximum absolute atomic E-state index is 13.0. The second-order valence-electron chi connectivity index (χ2n) is 7.58. The highest BCUT2D eigenvalue weighted by Gasteiger charge is 2.31. The number of benzene rings is 3. The molecule has 4 aromatic rings. The van der Waals surface area contributed by atoms with Crippen LogP contribution < -0.4 is 10.1 Å². The van der Waals surface area contributed by atoms with E-state index < -0.39 is 23.5 Å². The fraction of sp³-hybridized carbons (Fsp3) is 0.120. The van der Waals surface area contributed by atoms with Gasteiger partial charge < -0.3 is 15.2 Å². The SMILES string of the molecule is COc1cccc(-c2cc(Nc3ccc(C(F)(F)F)cc3)c(O)n2-c2ccc(C(F)(F)F)cc2)c1. The van der Waals surface area contributed by atoms with Gasteiger partial charge in [-0.25, -0.2) is 0 Å². The third-order valence-electron chi connectivity index (χ3n) is 5.28. The average Bonchev–Trinajstić information content (AvgIpc) is 3.14. The molecular formula is C25H18F6N2O2. The van der Waals surface area contributed by atoms with E-state index in [9.17, 15) is 31.4 Å². The molecule has 0 radical (unpaired) electrons. The summed E-state index contributed by atoms with van der Waals surface area (Å²) in [7, 11) is 1.48. The average molecular weight is 492 g/mol. The topological polar surface area (TPSA) is 46.4 Å². The maximum Gasteiger partial charge on any atom is 0.416 e. The lowest BCUT2D eigenvalue weighted by Crippen LogP contribution is -2.05. The summed E-state index contributed by atoms with van der Waals surface area (Å²) in [6.45, 7) is 0. The Morgan fingerprint density at radius 1 is 0.771 bits per heavy atom. The third kappa shape index (κ3) is 5.06. The number of nitrogens with zero attached hydrogens (tertiary/aromatic N) is 1. The zero-order valence-corrected chi connectivity index (χ0v) is 18.1. The Labute approximate surface area is 196 Å². The van der Waals surface area contributed by atoms with Crippen LogP contribution in [0, 0.1) is 0 Å². The molecule has 0 aliphatic rings. The summed E-state index contributed by atoms with van der Waals surface area (Å²) in [5.74, 6) is 0.168. The minimum absolute atomic E-state index is 0.141. The molecular weight excluding hydrogens is 474 g/mol. The van der Waals surface area contributed by atoms with Gasteiger partial charge in [0.25, 0.3) is 0 Å². The molecule has 0 unspecified atom stereocenters. The van der Waals surface area contributed by atoms with Gasteiger partial charge in [-0.15, -0.1) is 0 Å². The van der Waals surface area contributed by atoms with E-state index in [-0.39, 0.29) is 22.9 Å². The van der Waals surface area contributed by atoms with Crippen LogP contribution in [0.3, 0.4) is 0 Å². The highest BCUT2D eigenvalue weighted by Crippen LogP contribution is 2.40. The van der Waals surface area contributed by atoms with E-state index in [1.807, 2.05) is 0 Å². The number of hydrogen-bond acceptors (Lipinski definition) is 3. The maximum atomic E-state index is 13.0. The van der Waals surface area contributed by atoms with E-state index in [4.69, 9.17) is 4.74 Å². The molecule has 0 aliphatic heterocycles. The number of halogens is 6. The highest BCUT2D eigenvalue weighted by atomic mass is 19.4. The van der Waals surface area contributed by atoms with E-state index in [1.54, 1.807) is 30.3 Å². The summed E-state index contributed by atoms with van der Waals surface area (Å²) in [6.07, 6.45) is -9.02. The van der Waals surface area contributed by atoms with Crippen LogP contribution in [0.15, 0.2) is 78.9 Å². The number of aromatic hydroxyl groups is 1. The number of nitrogens with one attached hydrogen (secondary N) is 1. The molecule has 1 heterocycles. The Morgan fingerprint density at radius 3 is 1.89 bits per heavy atom. The van der Waals surface area contributed by atoms with Crippen molar-refractivity contribution in [2.24, 2.45) is 0 Å². The van der Waals surface area contributed by atoms with Crippen molar-refractivity contribution in [3.8, 4) is 28.6 Å².